The summed E-state index contributed by atoms with van der Waals surface area (Å²) in [7, 11) is 0. The first-order valence-corrected chi connectivity index (χ1v) is 8.14. The number of hydrogen-bond acceptors (Lipinski definition) is 3. The number of aromatic nitrogens is 1. The third-order valence-electron chi connectivity index (χ3n) is 4.17. The number of fused-ring (bicyclic) bond motifs is 1. The highest BCUT2D eigenvalue weighted by Gasteiger charge is 2.17. The highest BCUT2D eigenvalue weighted by atomic mass is 35.5. The standard InChI is InChI=1S/C17H20ClFN2O/c1-2-14-17(19)12-4-3-5-13(18)16(12)15(20-14)6-7-21-8-10-22-11-9-21/h3-5H,2,6-11H2,1H3. The van der Waals surface area contributed by atoms with E-state index in [2.05, 4.69) is 9.88 Å². The van der Waals surface area contributed by atoms with Crippen LogP contribution in [-0.4, -0.2) is 42.7 Å². The van der Waals surface area contributed by atoms with Crippen LogP contribution in [0, 0.1) is 5.82 Å². The maximum atomic E-state index is 14.5. The van der Waals surface area contributed by atoms with Crippen molar-refractivity contribution in [1.29, 1.82) is 0 Å². The molecule has 0 unspecified atom stereocenters. The van der Waals surface area contributed by atoms with Crippen molar-refractivity contribution >= 4 is 22.4 Å². The van der Waals surface area contributed by atoms with Crippen molar-refractivity contribution in [2.24, 2.45) is 0 Å². The van der Waals surface area contributed by atoms with Crippen molar-refractivity contribution in [3.63, 3.8) is 0 Å². The molecule has 0 radical (unpaired) electrons. The topological polar surface area (TPSA) is 25.4 Å². The lowest BCUT2D eigenvalue weighted by Gasteiger charge is -2.26. The summed E-state index contributed by atoms with van der Waals surface area (Å²) in [5.41, 5.74) is 1.41. The zero-order valence-electron chi connectivity index (χ0n) is 12.7. The van der Waals surface area contributed by atoms with E-state index in [1.54, 1.807) is 18.2 Å². The van der Waals surface area contributed by atoms with Gasteiger partial charge in [0.2, 0.25) is 0 Å². The summed E-state index contributed by atoms with van der Waals surface area (Å²) in [4.78, 5) is 6.90. The highest BCUT2D eigenvalue weighted by molar-refractivity contribution is 6.35. The van der Waals surface area contributed by atoms with Gasteiger partial charge in [-0.2, -0.15) is 0 Å². The van der Waals surface area contributed by atoms with E-state index in [0.717, 1.165) is 50.3 Å². The number of benzene rings is 1. The van der Waals surface area contributed by atoms with Gasteiger partial charge in [0, 0.05) is 36.8 Å². The predicted octanol–water partition coefficient (Wildman–Crippen LogP) is 3.46. The van der Waals surface area contributed by atoms with Crippen molar-refractivity contribution in [2.75, 3.05) is 32.8 Å². The van der Waals surface area contributed by atoms with Crippen LogP contribution in [0.1, 0.15) is 18.3 Å². The summed E-state index contributed by atoms with van der Waals surface area (Å²) in [6.45, 7) is 6.25. The lowest BCUT2D eigenvalue weighted by atomic mass is 10.0. The van der Waals surface area contributed by atoms with E-state index in [-0.39, 0.29) is 5.82 Å². The summed E-state index contributed by atoms with van der Waals surface area (Å²) in [6.07, 6.45) is 1.35. The van der Waals surface area contributed by atoms with Crippen molar-refractivity contribution in [1.82, 2.24) is 9.88 Å². The smallest absolute Gasteiger partial charge is 0.152 e. The molecule has 1 aromatic carbocycles. The van der Waals surface area contributed by atoms with Gasteiger partial charge >= 0.3 is 0 Å². The van der Waals surface area contributed by atoms with Gasteiger partial charge < -0.3 is 4.74 Å². The van der Waals surface area contributed by atoms with Crippen LogP contribution in [0.4, 0.5) is 4.39 Å². The van der Waals surface area contributed by atoms with E-state index >= 15 is 0 Å². The summed E-state index contributed by atoms with van der Waals surface area (Å²) < 4.78 is 19.8. The van der Waals surface area contributed by atoms with Crippen LogP contribution in [0.2, 0.25) is 5.02 Å². The molecule has 0 spiro atoms. The second-order valence-corrected chi connectivity index (χ2v) is 5.95. The fourth-order valence-corrected chi connectivity index (χ4v) is 3.21. The Kier molecular flexibility index (Phi) is 4.91. The Labute approximate surface area is 135 Å². The van der Waals surface area contributed by atoms with Gasteiger partial charge in [-0.05, 0) is 12.5 Å². The van der Waals surface area contributed by atoms with Crippen LogP contribution in [0.15, 0.2) is 18.2 Å². The van der Waals surface area contributed by atoms with Crippen molar-refractivity contribution in [2.45, 2.75) is 19.8 Å². The van der Waals surface area contributed by atoms with E-state index in [9.17, 15) is 4.39 Å². The van der Waals surface area contributed by atoms with E-state index in [0.29, 0.717) is 22.5 Å². The number of aryl methyl sites for hydroxylation is 1. The Balaban J connectivity index is 1.94. The van der Waals surface area contributed by atoms with Crippen molar-refractivity contribution in [3.05, 3.63) is 40.4 Å². The molecule has 0 saturated carbocycles. The first kappa shape index (κ1) is 15.7. The number of morpholine rings is 1. The molecule has 0 atom stereocenters. The first-order chi connectivity index (χ1) is 10.7. The normalized spacial score (nSPS) is 16.3. The van der Waals surface area contributed by atoms with Gasteiger partial charge in [0.25, 0.3) is 0 Å². The Morgan fingerprint density at radius 1 is 1.27 bits per heavy atom. The molecule has 3 nitrogen and oxygen atoms in total. The van der Waals surface area contributed by atoms with Gasteiger partial charge in [0.05, 0.1) is 29.6 Å². The van der Waals surface area contributed by atoms with Crippen LogP contribution in [0.25, 0.3) is 10.8 Å². The summed E-state index contributed by atoms with van der Waals surface area (Å²) in [6, 6.07) is 5.38. The monoisotopic (exact) mass is 322 g/mol. The fraction of sp³-hybridized carbons (Fsp3) is 0.471. The van der Waals surface area contributed by atoms with Crippen LogP contribution in [0.3, 0.4) is 0 Å². The minimum atomic E-state index is -0.241. The number of halogens is 2. The van der Waals surface area contributed by atoms with Crippen molar-refractivity contribution in [3.8, 4) is 0 Å². The minimum absolute atomic E-state index is 0.241. The van der Waals surface area contributed by atoms with E-state index in [4.69, 9.17) is 16.3 Å². The lowest BCUT2D eigenvalue weighted by Crippen LogP contribution is -2.37. The number of ether oxygens (including phenoxy) is 1. The summed E-state index contributed by atoms with van der Waals surface area (Å²) in [5, 5.41) is 1.91. The quantitative estimate of drug-likeness (QED) is 0.862. The van der Waals surface area contributed by atoms with Crippen LogP contribution < -0.4 is 0 Å². The molecule has 1 saturated heterocycles. The molecule has 0 amide bonds. The lowest BCUT2D eigenvalue weighted by molar-refractivity contribution is 0.0384. The molecule has 1 fully saturated rings. The second kappa shape index (κ2) is 6.90. The average molecular weight is 323 g/mol. The fourth-order valence-electron chi connectivity index (χ4n) is 2.93. The second-order valence-electron chi connectivity index (χ2n) is 5.54. The van der Waals surface area contributed by atoms with Crippen LogP contribution in [0.5, 0.6) is 0 Å². The van der Waals surface area contributed by atoms with Gasteiger partial charge in [-0.25, -0.2) is 4.39 Å². The number of hydrogen-bond donors (Lipinski definition) is 0. The summed E-state index contributed by atoms with van der Waals surface area (Å²) in [5.74, 6) is -0.241. The third-order valence-corrected chi connectivity index (χ3v) is 4.48. The van der Waals surface area contributed by atoms with Gasteiger partial charge in [-0.1, -0.05) is 30.7 Å². The molecule has 2 heterocycles. The highest BCUT2D eigenvalue weighted by Crippen LogP contribution is 2.30. The molecule has 2 aromatic rings. The zero-order chi connectivity index (χ0) is 15.5. The number of rotatable bonds is 4. The Morgan fingerprint density at radius 3 is 2.77 bits per heavy atom. The first-order valence-electron chi connectivity index (χ1n) is 7.76. The van der Waals surface area contributed by atoms with Gasteiger partial charge in [0.1, 0.15) is 0 Å². The minimum Gasteiger partial charge on any atom is -0.379 e. The van der Waals surface area contributed by atoms with Crippen LogP contribution >= 0.6 is 11.6 Å². The summed E-state index contributed by atoms with van der Waals surface area (Å²) >= 11 is 6.31. The van der Waals surface area contributed by atoms with Gasteiger partial charge in [-0.15, -0.1) is 0 Å². The van der Waals surface area contributed by atoms with Crippen LogP contribution in [-0.2, 0) is 17.6 Å². The van der Waals surface area contributed by atoms with Gasteiger partial charge in [-0.3, -0.25) is 9.88 Å². The molecule has 1 aromatic heterocycles. The molecule has 22 heavy (non-hydrogen) atoms. The maximum absolute atomic E-state index is 14.5. The zero-order valence-corrected chi connectivity index (χ0v) is 13.5. The van der Waals surface area contributed by atoms with E-state index < -0.39 is 0 Å². The molecule has 118 valence electrons. The molecule has 5 heteroatoms. The molecular formula is C17H20ClFN2O. The average Bonchev–Trinajstić information content (AvgIpc) is 2.55. The molecule has 0 bridgehead atoms. The Hall–Kier alpha value is -1.23. The largest absolute Gasteiger partial charge is 0.379 e. The van der Waals surface area contributed by atoms with Gasteiger partial charge in [0.15, 0.2) is 5.82 Å². The van der Waals surface area contributed by atoms with Crippen molar-refractivity contribution < 1.29 is 9.13 Å². The molecule has 0 aliphatic carbocycles. The molecular weight excluding hydrogens is 303 g/mol. The Morgan fingerprint density at radius 2 is 2.05 bits per heavy atom. The van der Waals surface area contributed by atoms with E-state index in [1.807, 2.05) is 6.92 Å². The number of nitrogens with zero attached hydrogens (tertiary/aromatic N) is 2. The SMILES string of the molecule is CCc1nc(CCN2CCOCC2)c2c(Cl)cccc2c1F. The molecule has 0 N–H and O–H groups in total. The Bertz CT molecular complexity index is 671. The predicted molar refractivity (Wildman–Crippen MR) is 87.1 cm³/mol. The third kappa shape index (κ3) is 3.09. The van der Waals surface area contributed by atoms with E-state index in [1.165, 1.54) is 0 Å². The molecule has 3 rings (SSSR count). The number of pyridine rings is 1. The maximum Gasteiger partial charge on any atom is 0.152 e. The molecule has 1 aliphatic rings. The molecule has 1 aliphatic heterocycles.